The van der Waals surface area contributed by atoms with Crippen LogP contribution in [0, 0.1) is 0 Å². The molecular weight excluding hydrogens is 218 g/mol. The molecule has 0 spiro atoms. The second kappa shape index (κ2) is 7.84. The highest BCUT2D eigenvalue weighted by atomic mass is 16.3. The molecule has 0 saturated carbocycles. The van der Waals surface area contributed by atoms with Gasteiger partial charge in [-0.05, 0) is 12.8 Å². The van der Waals surface area contributed by atoms with Gasteiger partial charge >= 0.3 is 0 Å². The van der Waals surface area contributed by atoms with Crippen LogP contribution in [0.5, 0.6) is 0 Å². The Balaban J connectivity index is 2.41. The van der Waals surface area contributed by atoms with Crippen LogP contribution in [0.2, 0.25) is 0 Å². The van der Waals surface area contributed by atoms with Gasteiger partial charge in [0.15, 0.2) is 0 Å². The second-order valence-electron chi connectivity index (χ2n) is 4.08. The van der Waals surface area contributed by atoms with Crippen molar-refractivity contribution in [2.24, 2.45) is 0 Å². The summed E-state index contributed by atoms with van der Waals surface area (Å²) >= 11 is 0. The first kappa shape index (κ1) is 13.7. The smallest absolute Gasteiger partial charge is 0.222 e. The highest BCUT2D eigenvalue weighted by Gasteiger charge is 2.13. The van der Waals surface area contributed by atoms with E-state index < -0.39 is 0 Å². The highest BCUT2D eigenvalue weighted by molar-refractivity contribution is 5.76. The maximum atomic E-state index is 11.7. The quantitative estimate of drug-likeness (QED) is 0.668. The van der Waals surface area contributed by atoms with E-state index >= 15 is 0 Å². The van der Waals surface area contributed by atoms with E-state index in [2.05, 4.69) is 17.2 Å². The van der Waals surface area contributed by atoms with Crippen molar-refractivity contribution in [3.05, 3.63) is 18.7 Å². The monoisotopic (exact) mass is 239 g/mol. The predicted molar refractivity (Wildman–Crippen MR) is 65.5 cm³/mol. The summed E-state index contributed by atoms with van der Waals surface area (Å²) in [5.74, 6) is 0.0330. The topological polar surface area (TPSA) is 67.2 Å². The summed E-state index contributed by atoms with van der Waals surface area (Å²) in [7, 11) is 0. The van der Waals surface area contributed by atoms with Gasteiger partial charge in [-0.2, -0.15) is 0 Å². The zero-order valence-electron chi connectivity index (χ0n) is 10.3. The zero-order chi connectivity index (χ0) is 12.5. The summed E-state index contributed by atoms with van der Waals surface area (Å²) in [5, 5.41) is 11.4. The van der Waals surface area contributed by atoms with Crippen LogP contribution in [0.25, 0.3) is 0 Å². The van der Waals surface area contributed by atoms with Crippen molar-refractivity contribution < 1.29 is 9.90 Å². The normalized spacial score (nSPS) is 12.4. The number of carbonyl (C=O) groups excluding carboxylic acids is 1. The highest BCUT2D eigenvalue weighted by Crippen LogP contribution is 2.17. The van der Waals surface area contributed by atoms with E-state index in [9.17, 15) is 4.79 Å². The molecule has 5 heteroatoms. The van der Waals surface area contributed by atoms with Crippen molar-refractivity contribution in [3.8, 4) is 0 Å². The number of aliphatic hydroxyl groups is 1. The molecule has 0 aromatic carbocycles. The molecule has 1 atom stereocenters. The number of rotatable bonds is 8. The van der Waals surface area contributed by atoms with E-state index in [1.54, 1.807) is 12.5 Å². The summed E-state index contributed by atoms with van der Waals surface area (Å²) in [4.78, 5) is 15.7. The minimum absolute atomic E-state index is 0.0330. The van der Waals surface area contributed by atoms with E-state index in [0.29, 0.717) is 19.4 Å². The Morgan fingerprint density at radius 3 is 3.00 bits per heavy atom. The minimum atomic E-state index is 0.0330. The van der Waals surface area contributed by atoms with Gasteiger partial charge in [0, 0.05) is 38.0 Å². The molecule has 1 rings (SSSR count). The number of aliphatic hydroxyl groups excluding tert-OH is 1. The molecule has 2 N–H and O–H groups in total. The average Bonchev–Trinajstić information content (AvgIpc) is 2.82. The molecular formula is C12H21N3O2. The molecule has 5 nitrogen and oxygen atoms in total. The van der Waals surface area contributed by atoms with Crippen LogP contribution >= 0.6 is 0 Å². The Labute approximate surface area is 102 Å². The Morgan fingerprint density at radius 1 is 1.59 bits per heavy atom. The molecule has 1 aromatic rings. The molecule has 1 amide bonds. The number of aromatic nitrogens is 2. The van der Waals surface area contributed by atoms with E-state index in [1.807, 2.05) is 10.8 Å². The molecule has 1 aromatic heterocycles. The Hall–Kier alpha value is -1.36. The number of hydrogen-bond acceptors (Lipinski definition) is 3. The average molecular weight is 239 g/mol. The number of carbonyl (C=O) groups is 1. The Bertz CT molecular complexity index is 312. The maximum Gasteiger partial charge on any atom is 0.222 e. The fourth-order valence-electron chi connectivity index (χ4n) is 1.77. The van der Waals surface area contributed by atoms with Crippen LogP contribution in [0.4, 0.5) is 0 Å². The van der Waals surface area contributed by atoms with Crippen molar-refractivity contribution in [2.75, 3.05) is 13.2 Å². The van der Waals surface area contributed by atoms with Crippen molar-refractivity contribution in [3.63, 3.8) is 0 Å². The van der Waals surface area contributed by atoms with Gasteiger partial charge in [0.1, 0.15) is 0 Å². The first-order chi connectivity index (χ1) is 8.27. The zero-order valence-corrected chi connectivity index (χ0v) is 10.3. The first-order valence-corrected chi connectivity index (χ1v) is 6.13. The van der Waals surface area contributed by atoms with E-state index in [1.165, 1.54) is 0 Å². The number of nitrogens with zero attached hydrogens (tertiary/aromatic N) is 2. The van der Waals surface area contributed by atoms with Gasteiger partial charge in [-0.15, -0.1) is 0 Å². The predicted octanol–water partition coefficient (Wildman–Crippen LogP) is 1.11. The minimum Gasteiger partial charge on any atom is -0.396 e. The first-order valence-electron chi connectivity index (χ1n) is 6.13. The maximum absolute atomic E-state index is 11.7. The van der Waals surface area contributed by atoms with Crippen molar-refractivity contribution in [2.45, 2.75) is 38.6 Å². The molecule has 17 heavy (non-hydrogen) atoms. The summed E-state index contributed by atoms with van der Waals surface area (Å²) in [5.41, 5.74) is 0. The van der Waals surface area contributed by atoms with Gasteiger partial charge in [0.05, 0.1) is 6.33 Å². The van der Waals surface area contributed by atoms with Gasteiger partial charge in [0.25, 0.3) is 0 Å². The van der Waals surface area contributed by atoms with Gasteiger partial charge < -0.3 is 15.0 Å². The molecule has 0 aliphatic heterocycles. The Kier molecular flexibility index (Phi) is 6.32. The molecule has 1 heterocycles. The number of amides is 1. The van der Waals surface area contributed by atoms with Crippen LogP contribution in [-0.4, -0.2) is 33.7 Å². The number of nitrogens with one attached hydrogen (secondary N) is 1. The third-order valence-corrected chi connectivity index (χ3v) is 2.65. The van der Waals surface area contributed by atoms with E-state index in [-0.39, 0.29) is 18.6 Å². The van der Waals surface area contributed by atoms with Crippen molar-refractivity contribution in [1.82, 2.24) is 14.9 Å². The molecule has 1 unspecified atom stereocenters. The van der Waals surface area contributed by atoms with Gasteiger partial charge in [0.2, 0.25) is 5.91 Å². The lowest BCUT2D eigenvalue weighted by molar-refractivity contribution is -0.121. The summed E-state index contributed by atoms with van der Waals surface area (Å²) in [6.45, 7) is 2.76. The standard InChI is InChI=1S/C12H21N3O2/c1-2-4-11(15-7-6-13-10-15)9-12(17)14-5-3-8-16/h6-7,10-11,16H,2-5,8-9H2,1H3,(H,14,17). The lowest BCUT2D eigenvalue weighted by atomic mass is 10.1. The van der Waals surface area contributed by atoms with E-state index in [4.69, 9.17) is 5.11 Å². The number of imidazole rings is 1. The molecule has 0 saturated heterocycles. The van der Waals surface area contributed by atoms with Gasteiger partial charge in [-0.1, -0.05) is 13.3 Å². The lowest BCUT2D eigenvalue weighted by Crippen LogP contribution is -2.27. The molecule has 0 radical (unpaired) electrons. The summed E-state index contributed by atoms with van der Waals surface area (Å²) in [6, 6.07) is 0.177. The third kappa shape index (κ3) is 4.99. The SMILES string of the molecule is CCCC(CC(=O)NCCCO)n1ccnc1. The van der Waals surface area contributed by atoms with Gasteiger partial charge in [-0.25, -0.2) is 4.98 Å². The largest absolute Gasteiger partial charge is 0.396 e. The van der Waals surface area contributed by atoms with Crippen LogP contribution < -0.4 is 5.32 Å². The second-order valence-corrected chi connectivity index (χ2v) is 4.08. The van der Waals surface area contributed by atoms with Crippen molar-refractivity contribution >= 4 is 5.91 Å². The van der Waals surface area contributed by atoms with Crippen LogP contribution in [-0.2, 0) is 4.79 Å². The van der Waals surface area contributed by atoms with Crippen molar-refractivity contribution in [1.29, 1.82) is 0 Å². The van der Waals surface area contributed by atoms with E-state index in [0.717, 1.165) is 12.8 Å². The summed E-state index contributed by atoms with van der Waals surface area (Å²) in [6.07, 6.45) is 8.44. The molecule has 96 valence electrons. The fourth-order valence-corrected chi connectivity index (χ4v) is 1.77. The fraction of sp³-hybridized carbons (Fsp3) is 0.667. The molecule has 0 aliphatic rings. The number of hydrogen-bond donors (Lipinski definition) is 2. The van der Waals surface area contributed by atoms with Crippen LogP contribution in [0.3, 0.4) is 0 Å². The summed E-state index contributed by atoms with van der Waals surface area (Å²) < 4.78 is 1.98. The van der Waals surface area contributed by atoms with Gasteiger partial charge in [-0.3, -0.25) is 4.79 Å². The molecule has 0 bridgehead atoms. The molecule has 0 fully saturated rings. The third-order valence-electron chi connectivity index (χ3n) is 2.65. The molecule has 0 aliphatic carbocycles. The lowest BCUT2D eigenvalue weighted by Gasteiger charge is -2.17. The Morgan fingerprint density at radius 2 is 2.41 bits per heavy atom. The van der Waals surface area contributed by atoms with Crippen LogP contribution in [0.1, 0.15) is 38.6 Å². The van der Waals surface area contributed by atoms with Crippen LogP contribution in [0.15, 0.2) is 18.7 Å².